The van der Waals surface area contributed by atoms with Gasteiger partial charge in [0.05, 0.1) is 23.0 Å². The van der Waals surface area contributed by atoms with E-state index in [2.05, 4.69) is 15.5 Å². The number of hydrogen-bond donors (Lipinski definition) is 1. The number of benzene rings is 2. The quantitative estimate of drug-likeness (QED) is 0.550. The molecule has 7 nitrogen and oxygen atoms in total. The summed E-state index contributed by atoms with van der Waals surface area (Å²) in [4.78, 5) is 24.9. The number of aryl methyl sites for hydroxylation is 1. The van der Waals surface area contributed by atoms with Crippen molar-refractivity contribution in [3.63, 3.8) is 0 Å². The van der Waals surface area contributed by atoms with E-state index in [4.69, 9.17) is 0 Å². The van der Waals surface area contributed by atoms with Gasteiger partial charge in [-0.3, -0.25) is 9.59 Å². The molecule has 0 spiro atoms. The van der Waals surface area contributed by atoms with Crippen LogP contribution in [0.2, 0.25) is 0 Å². The molecule has 0 radical (unpaired) electrons. The van der Waals surface area contributed by atoms with Crippen LogP contribution in [0.25, 0.3) is 16.5 Å². The van der Waals surface area contributed by atoms with E-state index in [1.807, 2.05) is 61.7 Å². The minimum Gasteiger partial charge on any atom is -0.354 e. The Morgan fingerprint density at radius 3 is 2.55 bits per heavy atom. The van der Waals surface area contributed by atoms with Crippen LogP contribution >= 0.6 is 0 Å². The number of carbonyl (C=O) groups is 1. The van der Waals surface area contributed by atoms with Crippen molar-refractivity contribution in [2.45, 2.75) is 19.9 Å². The van der Waals surface area contributed by atoms with Gasteiger partial charge in [0.1, 0.15) is 6.54 Å². The average Bonchev–Trinajstić information content (AvgIpc) is 3.21. The monoisotopic (exact) mass is 387 g/mol. The van der Waals surface area contributed by atoms with Gasteiger partial charge in [-0.05, 0) is 37.1 Å². The molecule has 0 aliphatic heterocycles. The molecule has 0 aliphatic carbocycles. The summed E-state index contributed by atoms with van der Waals surface area (Å²) in [6, 6.07) is 17.1. The van der Waals surface area contributed by atoms with Crippen molar-refractivity contribution in [2.75, 3.05) is 6.54 Å². The Bertz CT molecular complexity index is 1210. The maximum absolute atomic E-state index is 12.6. The first-order valence-corrected chi connectivity index (χ1v) is 9.44. The highest BCUT2D eigenvalue weighted by Gasteiger charge is 2.10. The van der Waals surface area contributed by atoms with Crippen molar-refractivity contribution in [1.29, 1.82) is 0 Å². The molecular formula is C22H21N5O2. The second-order valence-corrected chi connectivity index (χ2v) is 6.82. The third-order valence-electron chi connectivity index (χ3n) is 4.74. The lowest BCUT2D eigenvalue weighted by atomic mass is 10.1. The zero-order valence-electron chi connectivity index (χ0n) is 16.1. The number of carbonyl (C=O) groups excluding carboxylic acids is 1. The summed E-state index contributed by atoms with van der Waals surface area (Å²) in [5, 5.41) is 12.9. The normalized spacial score (nSPS) is 10.9. The van der Waals surface area contributed by atoms with Crippen LogP contribution in [0.5, 0.6) is 0 Å². The van der Waals surface area contributed by atoms with E-state index in [1.54, 1.807) is 16.9 Å². The summed E-state index contributed by atoms with van der Waals surface area (Å²) < 4.78 is 3.03. The molecule has 1 N–H and O–H groups in total. The van der Waals surface area contributed by atoms with Crippen LogP contribution in [0.15, 0.2) is 71.8 Å². The molecule has 4 aromatic rings. The van der Waals surface area contributed by atoms with Gasteiger partial charge in [-0.15, -0.1) is 0 Å². The SMILES string of the molecule is Cc1nn(CC(=O)NCCc2cnn(-c3ccccc3)c2)c(=O)c2ccccc12. The molecule has 146 valence electrons. The number of fused-ring (bicyclic) bond motifs is 1. The van der Waals surface area contributed by atoms with Crippen LogP contribution in [0, 0.1) is 6.92 Å². The number of nitrogens with zero attached hydrogens (tertiary/aromatic N) is 4. The summed E-state index contributed by atoms with van der Waals surface area (Å²) in [6.45, 7) is 2.19. The number of nitrogens with one attached hydrogen (secondary N) is 1. The van der Waals surface area contributed by atoms with Crippen LogP contribution < -0.4 is 10.9 Å². The minimum atomic E-state index is -0.259. The largest absolute Gasteiger partial charge is 0.354 e. The second kappa shape index (κ2) is 8.10. The van der Waals surface area contributed by atoms with Gasteiger partial charge in [0.15, 0.2) is 0 Å². The summed E-state index contributed by atoms with van der Waals surface area (Å²) in [5.74, 6) is -0.246. The maximum atomic E-state index is 12.6. The first kappa shape index (κ1) is 18.6. The van der Waals surface area contributed by atoms with Crippen molar-refractivity contribution in [1.82, 2.24) is 24.9 Å². The number of rotatable bonds is 6. The lowest BCUT2D eigenvalue weighted by molar-refractivity contribution is -0.121. The van der Waals surface area contributed by atoms with Crippen molar-refractivity contribution < 1.29 is 4.79 Å². The minimum absolute atomic E-state index is 0.103. The number of aromatic nitrogens is 4. The van der Waals surface area contributed by atoms with Crippen molar-refractivity contribution in [3.8, 4) is 5.69 Å². The average molecular weight is 387 g/mol. The Morgan fingerprint density at radius 2 is 1.76 bits per heavy atom. The highest BCUT2D eigenvalue weighted by atomic mass is 16.2. The smallest absolute Gasteiger partial charge is 0.275 e. The van der Waals surface area contributed by atoms with Gasteiger partial charge in [-0.2, -0.15) is 10.2 Å². The fourth-order valence-electron chi connectivity index (χ4n) is 3.26. The standard InChI is InChI=1S/C22H21N5O2/c1-16-19-9-5-6-10-20(19)22(29)27(25-16)15-21(28)23-12-11-17-13-24-26(14-17)18-7-3-2-4-8-18/h2-10,13-14H,11-12,15H2,1H3,(H,23,28). The van der Waals surface area contributed by atoms with E-state index in [0.717, 1.165) is 22.3 Å². The Labute approximate surface area is 167 Å². The molecule has 0 fully saturated rings. The molecule has 1 amide bonds. The van der Waals surface area contributed by atoms with Gasteiger partial charge in [-0.25, -0.2) is 9.36 Å². The third-order valence-corrected chi connectivity index (χ3v) is 4.74. The fourth-order valence-corrected chi connectivity index (χ4v) is 3.26. The third kappa shape index (κ3) is 4.08. The Balaban J connectivity index is 1.37. The molecule has 0 atom stereocenters. The van der Waals surface area contributed by atoms with Crippen molar-refractivity contribution in [2.24, 2.45) is 0 Å². The van der Waals surface area contributed by atoms with Crippen LogP contribution in [-0.2, 0) is 17.8 Å². The Morgan fingerprint density at radius 1 is 1.03 bits per heavy atom. The van der Waals surface area contributed by atoms with E-state index in [-0.39, 0.29) is 18.0 Å². The molecule has 7 heteroatoms. The van der Waals surface area contributed by atoms with E-state index in [1.165, 1.54) is 4.68 Å². The van der Waals surface area contributed by atoms with E-state index in [9.17, 15) is 9.59 Å². The molecule has 0 bridgehead atoms. The molecule has 4 rings (SSSR count). The predicted octanol–water partition coefficient (Wildman–Crippen LogP) is 2.25. The van der Waals surface area contributed by atoms with Crippen LogP contribution in [-0.4, -0.2) is 32.0 Å². The van der Waals surface area contributed by atoms with Gasteiger partial charge in [0.2, 0.25) is 5.91 Å². The highest BCUT2D eigenvalue weighted by molar-refractivity contribution is 5.83. The van der Waals surface area contributed by atoms with E-state index in [0.29, 0.717) is 18.4 Å². The van der Waals surface area contributed by atoms with Gasteiger partial charge in [0.25, 0.3) is 5.56 Å². The molecule has 2 aromatic carbocycles. The molecule has 29 heavy (non-hydrogen) atoms. The Kier molecular flexibility index (Phi) is 5.20. The summed E-state index contributed by atoms with van der Waals surface area (Å²) in [5.41, 5.74) is 2.47. The second-order valence-electron chi connectivity index (χ2n) is 6.82. The van der Waals surface area contributed by atoms with Crippen molar-refractivity contribution in [3.05, 3.63) is 88.6 Å². The van der Waals surface area contributed by atoms with Crippen LogP contribution in [0.3, 0.4) is 0 Å². The summed E-state index contributed by atoms with van der Waals surface area (Å²) in [7, 11) is 0. The van der Waals surface area contributed by atoms with Gasteiger partial charge < -0.3 is 5.32 Å². The van der Waals surface area contributed by atoms with Crippen molar-refractivity contribution >= 4 is 16.7 Å². The van der Waals surface area contributed by atoms with Crippen LogP contribution in [0.1, 0.15) is 11.3 Å². The predicted molar refractivity (Wildman–Crippen MR) is 111 cm³/mol. The summed E-state index contributed by atoms with van der Waals surface area (Å²) >= 11 is 0. The van der Waals surface area contributed by atoms with Gasteiger partial charge in [-0.1, -0.05) is 36.4 Å². The lowest BCUT2D eigenvalue weighted by Gasteiger charge is -2.09. The molecule has 2 heterocycles. The molecule has 0 unspecified atom stereocenters. The first-order valence-electron chi connectivity index (χ1n) is 9.44. The molecule has 0 saturated carbocycles. The lowest BCUT2D eigenvalue weighted by Crippen LogP contribution is -2.35. The summed E-state index contributed by atoms with van der Waals surface area (Å²) in [6.07, 6.45) is 4.38. The Hall–Kier alpha value is -3.74. The van der Waals surface area contributed by atoms with Crippen LogP contribution in [0.4, 0.5) is 0 Å². The number of hydrogen-bond acceptors (Lipinski definition) is 4. The van der Waals surface area contributed by atoms with Gasteiger partial charge >= 0.3 is 0 Å². The van der Waals surface area contributed by atoms with Gasteiger partial charge in [0, 0.05) is 18.1 Å². The molecule has 0 aliphatic rings. The molecule has 2 aromatic heterocycles. The van der Waals surface area contributed by atoms with E-state index < -0.39 is 0 Å². The van der Waals surface area contributed by atoms with E-state index >= 15 is 0 Å². The molecular weight excluding hydrogens is 366 g/mol. The fraction of sp³-hybridized carbons (Fsp3) is 0.182. The zero-order valence-corrected chi connectivity index (χ0v) is 16.1. The highest BCUT2D eigenvalue weighted by Crippen LogP contribution is 2.11. The zero-order chi connectivity index (χ0) is 20.2. The maximum Gasteiger partial charge on any atom is 0.275 e. The number of para-hydroxylation sites is 1. The number of amides is 1. The topological polar surface area (TPSA) is 81.8 Å². The first-order chi connectivity index (χ1) is 14.1. The molecule has 0 saturated heterocycles.